The van der Waals surface area contributed by atoms with Gasteiger partial charge in [0.2, 0.25) is 0 Å². The van der Waals surface area contributed by atoms with Gasteiger partial charge in [-0.05, 0) is 70.7 Å². The molecule has 4 rings (SSSR count). The summed E-state index contributed by atoms with van der Waals surface area (Å²) in [7, 11) is 0. The van der Waals surface area contributed by atoms with E-state index in [2.05, 4.69) is 80.7 Å². The van der Waals surface area contributed by atoms with E-state index in [4.69, 9.17) is 10.6 Å². The summed E-state index contributed by atoms with van der Waals surface area (Å²) in [4.78, 5) is 16.5. The van der Waals surface area contributed by atoms with E-state index in [0.29, 0.717) is 6.04 Å². The summed E-state index contributed by atoms with van der Waals surface area (Å²) in [5.41, 5.74) is 10.9. The zero-order chi connectivity index (χ0) is 26.5. The largest absolute Gasteiger partial charge is 0.443 e. The molecule has 2 fully saturated rings. The van der Waals surface area contributed by atoms with Crippen LogP contribution in [0.5, 0.6) is 0 Å². The Hall–Kier alpha value is -2.20. The third-order valence-corrected chi connectivity index (χ3v) is 6.52. The molecular formula is C29H47ClN6O2. The summed E-state index contributed by atoms with van der Waals surface area (Å²) in [5.74, 6) is 5.48. The van der Waals surface area contributed by atoms with E-state index in [0.717, 1.165) is 45.6 Å². The molecule has 38 heavy (non-hydrogen) atoms. The highest BCUT2D eigenvalue weighted by Crippen LogP contribution is 2.14. The molecule has 2 aliphatic rings. The first-order chi connectivity index (χ1) is 17.8. The summed E-state index contributed by atoms with van der Waals surface area (Å²) in [6.07, 6.45) is 4.19. The molecule has 2 heterocycles. The van der Waals surface area contributed by atoms with Gasteiger partial charge in [-0.15, -0.1) is 12.4 Å². The number of hydrogen-bond donors (Lipinski definition) is 4. The SMILES string of the molecule is CC(C)(C)OC(=O)NNC1CCCN(Cc2ccccc2)C1.Cl.NNC1CCCN(Cc2ccccc2)C1. The van der Waals surface area contributed by atoms with Gasteiger partial charge in [-0.2, -0.15) is 0 Å². The van der Waals surface area contributed by atoms with E-state index < -0.39 is 11.7 Å². The number of ether oxygens (including phenoxy) is 1. The Morgan fingerprint density at radius 3 is 1.82 bits per heavy atom. The van der Waals surface area contributed by atoms with Gasteiger partial charge in [0.1, 0.15) is 5.60 Å². The molecule has 0 aromatic heterocycles. The van der Waals surface area contributed by atoms with E-state index in [-0.39, 0.29) is 18.4 Å². The van der Waals surface area contributed by atoms with E-state index in [1.165, 1.54) is 30.5 Å². The predicted octanol–water partition coefficient (Wildman–Crippen LogP) is 4.22. The van der Waals surface area contributed by atoms with Crippen molar-refractivity contribution in [1.82, 2.24) is 26.1 Å². The minimum atomic E-state index is -0.475. The molecule has 1 amide bonds. The molecule has 9 heteroatoms. The van der Waals surface area contributed by atoms with Crippen LogP contribution in [0.1, 0.15) is 57.6 Å². The smallest absolute Gasteiger partial charge is 0.422 e. The summed E-state index contributed by atoms with van der Waals surface area (Å²) in [6, 6.07) is 21.8. The van der Waals surface area contributed by atoms with E-state index >= 15 is 0 Å². The molecule has 8 nitrogen and oxygen atoms in total. The Kier molecular flexibility index (Phi) is 14.1. The molecule has 5 N–H and O–H groups in total. The van der Waals surface area contributed by atoms with Crippen molar-refractivity contribution in [3.63, 3.8) is 0 Å². The van der Waals surface area contributed by atoms with Crippen LogP contribution in [0, 0.1) is 0 Å². The van der Waals surface area contributed by atoms with Crippen LogP contribution in [-0.2, 0) is 17.8 Å². The summed E-state index contributed by atoms with van der Waals surface area (Å²) in [6.45, 7) is 11.8. The molecule has 2 aromatic carbocycles. The van der Waals surface area contributed by atoms with Gasteiger partial charge in [-0.25, -0.2) is 10.2 Å². The quantitative estimate of drug-likeness (QED) is 0.305. The number of hydrazine groups is 2. The maximum atomic E-state index is 11.7. The monoisotopic (exact) mass is 546 g/mol. The lowest BCUT2D eigenvalue weighted by atomic mass is 10.1. The second-order valence-corrected chi connectivity index (χ2v) is 11.1. The van der Waals surface area contributed by atoms with Crippen molar-refractivity contribution in [3.8, 4) is 0 Å². The average molecular weight is 547 g/mol. The van der Waals surface area contributed by atoms with E-state index in [9.17, 15) is 4.79 Å². The fraction of sp³-hybridized carbons (Fsp3) is 0.552. The molecule has 0 spiro atoms. The van der Waals surface area contributed by atoms with Gasteiger partial charge < -0.3 is 4.74 Å². The van der Waals surface area contributed by atoms with Crippen LogP contribution in [0.4, 0.5) is 4.79 Å². The van der Waals surface area contributed by atoms with Crippen molar-refractivity contribution in [2.45, 2.75) is 77.2 Å². The van der Waals surface area contributed by atoms with Gasteiger partial charge >= 0.3 is 6.09 Å². The minimum Gasteiger partial charge on any atom is -0.443 e. The normalized spacial score (nSPS) is 20.4. The first-order valence-electron chi connectivity index (χ1n) is 13.5. The first kappa shape index (κ1) is 32.0. The van der Waals surface area contributed by atoms with Crippen molar-refractivity contribution in [2.24, 2.45) is 5.84 Å². The molecule has 0 bridgehead atoms. The van der Waals surface area contributed by atoms with Gasteiger partial charge in [0.25, 0.3) is 0 Å². The van der Waals surface area contributed by atoms with Crippen molar-refractivity contribution in [1.29, 1.82) is 0 Å². The van der Waals surface area contributed by atoms with Crippen LogP contribution < -0.4 is 22.1 Å². The third kappa shape index (κ3) is 12.6. The maximum Gasteiger partial charge on any atom is 0.422 e. The molecule has 0 radical (unpaired) electrons. The zero-order valence-corrected chi connectivity index (χ0v) is 24.0. The van der Waals surface area contributed by atoms with Gasteiger partial charge in [0, 0.05) is 38.3 Å². The highest BCUT2D eigenvalue weighted by Gasteiger charge is 2.22. The second kappa shape index (κ2) is 16.7. The third-order valence-electron chi connectivity index (χ3n) is 6.52. The molecule has 0 saturated carbocycles. The first-order valence-corrected chi connectivity index (χ1v) is 13.5. The highest BCUT2D eigenvalue weighted by molar-refractivity contribution is 5.85. The molecule has 0 aliphatic carbocycles. The number of nitrogens with one attached hydrogen (secondary N) is 3. The molecule has 2 saturated heterocycles. The number of likely N-dealkylation sites (tertiary alicyclic amines) is 2. The number of piperidine rings is 2. The standard InChI is InChI=1S/C17H27N3O2.C12H19N3.ClH/c1-17(2,3)22-16(21)19-18-15-10-7-11-20(13-15)12-14-8-5-4-6-9-14;13-14-12-7-4-8-15(10-12)9-11-5-2-1-3-6-11;/h4-6,8-9,15,18H,7,10-13H2,1-3H3,(H,19,21);1-3,5-6,12,14H,4,7-10,13H2;1H. The van der Waals surface area contributed by atoms with E-state index in [1.54, 1.807) is 0 Å². The molecule has 2 unspecified atom stereocenters. The van der Waals surface area contributed by atoms with Gasteiger partial charge in [-0.1, -0.05) is 60.7 Å². The lowest BCUT2D eigenvalue weighted by Crippen LogP contribution is -2.52. The fourth-order valence-electron chi connectivity index (χ4n) is 4.80. The van der Waals surface area contributed by atoms with Crippen LogP contribution >= 0.6 is 12.4 Å². The van der Waals surface area contributed by atoms with Gasteiger partial charge in [0.15, 0.2) is 0 Å². The number of carbonyl (C=O) groups excluding carboxylic acids is 1. The Morgan fingerprint density at radius 1 is 0.868 bits per heavy atom. The topological polar surface area (TPSA) is 94.9 Å². The predicted molar refractivity (Wildman–Crippen MR) is 157 cm³/mol. The number of halogens is 1. The van der Waals surface area contributed by atoms with Crippen LogP contribution in [0.3, 0.4) is 0 Å². The molecule has 2 aliphatic heterocycles. The van der Waals surface area contributed by atoms with Crippen molar-refractivity contribution in [3.05, 3.63) is 71.8 Å². The summed E-state index contributed by atoms with van der Waals surface area (Å²) >= 11 is 0. The molecule has 212 valence electrons. The number of hydrogen-bond acceptors (Lipinski definition) is 7. The number of nitrogens with two attached hydrogens (primary N) is 1. The average Bonchev–Trinajstić information content (AvgIpc) is 2.88. The Labute approximate surface area is 235 Å². The Bertz CT molecular complexity index is 912. The molecule has 2 atom stereocenters. The number of amides is 1. The maximum absolute atomic E-state index is 11.7. The second-order valence-electron chi connectivity index (χ2n) is 11.1. The van der Waals surface area contributed by atoms with Gasteiger partial charge in [-0.3, -0.25) is 26.5 Å². The number of rotatable bonds is 7. The zero-order valence-electron chi connectivity index (χ0n) is 23.2. The van der Waals surface area contributed by atoms with Crippen molar-refractivity contribution >= 4 is 18.5 Å². The number of nitrogens with zero attached hydrogens (tertiary/aromatic N) is 2. The number of carbonyl (C=O) groups is 1. The fourth-order valence-corrected chi connectivity index (χ4v) is 4.80. The minimum absolute atomic E-state index is 0. The molecule has 2 aromatic rings. The molecular weight excluding hydrogens is 500 g/mol. The van der Waals surface area contributed by atoms with Crippen LogP contribution in [0.25, 0.3) is 0 Å². The van der Waals surface area contributed by atoms with E-state index in [1.807, 2.05) is 26.8 Å². The Morgan fingerprint density at radius 2 is 1.34 bits per heavy atom. The Balaban J connectivity index is 0.000000277. The summed E-state index contributed by atoms with van der Waals surface area (Å²) in [5, 5.41) is 0. The lowest BCUT2D eigenvalue weighted by molar-refractivity contribution is 0.0471. The van der Waals surface area contributed by atoms with Crippen LogP contribution in [-0.4, -0.2) is 59.8 Å². The van der Waals surface area contributed by atoms with Crippen molar-refractivity contribution in [2.75, 3.05) is 26.2 Å². The summed E-state index contributed by atoms with van der Waals surface area (Å²) < 4.78 is 5.23. The highest BCUT2D eigenvalue weighted by atomic mass is 35.5. The van der Waals surface area contributed by atoms with Crippen molar-refractivity contribution < 1.29 is 9.53 Å². The van der Waals surface area contributed by atoms with Gasteiger partial charge in [0.05, 0.1) is 0 Å². The van der Waals surface area contributed by atoms with Crippen LogP contribution in [0.2, 0.25) is 0 Å². The van der Waals surface area contributed by atoms with Crippen LogP contribution in [0.15, 0.2) is 60.7 Å². The lowest BCUT2D eigenvalue weighted by Gasteiger charge is -2.33. The number of benzene rings is 2.